The van der Waals surface area contributed by atoms with Crippen LogP contribution in [0.4, 0.5) is 19.0 Å². The van der Waals surface area contributed by atoms with Crippen LogP contribution in [0.2, 0.25) is 5.02 Å². The monoisotopic (exact) mass is 505 g/mol. The van der Waals surface area contributed by atoms with Crippen molar-refractivity contribution < 1.29 is 18.0 Å². The van der Waals surface area contributed by atoms with E-state index >= 15 is 0 Å². The molecule has 3 atom stereocenters. The smallest absolute Gasteiger partial charge is 0.363 e. The summed E-state index contributed by atoms with van der Waals surface area (Å²) in [5, 5.41) is 7.79. The van der Waals surface area contributed by atoms with Crippen LogP contribution in [0.1, 0.15) is 86.3 Å². The van der Waals surface area contributed by atoms with Crippen molar-refractivity contribution in [3.8, 4) is 0 Å². The number of anilines is 1. The van der Waals surface area contributed by atoms with Gasteiger partial charge in [-0.2, -0.15) is 18.3 Å². The minimum absolute atomic E-state index is 0.111. The maximum Gasteiger partial charge on any atom is 0.410 e. The third-order valence-electron chi connectivity index (χ3n) is 9.43. The predicted molar refractivity (Wildman–Crippen MR) is 128 cm³/mol. The summed E-state index contributed by atoms with van der Waals surface area (Å²) in [4.78, 5) is 13.5. The Labute approximate surface area is 208 Å². The molecule has 1 aliphatic heterocycles. The molecule has 2 heterocycles. The normalized spacial score (nSPS) is 34.4. The van der Waals surface area contributed by atoms with Crippen molar-refractivity contribution in [3.05, 3.63) is 46.6 Å². The number of hydrogen-bond donors (Lipinski definition) is 1. The highest BCUT2D eigenvalue weighted by molar-refractivity contribution is 6.30. The van der Waals surface area contributed by atoms with E-state index in [0.29, 0.717) is 17.0 Å². The van der Waals surface area contributed by atoms with E-state index in [9.17, 15) is 18.0 Å². The molecule has 0 spiro atoms. The SMILES string of the molecule is CC(CC(=O)c1cnn2c1NC(c1ccc(Cl)cc1)CC2C(F)(F)F)C12CC3CC(CC(C3)C1)C2. The van der Waals surface area contributed by atoms with Crippen LogP contribution < -0.4 is 5.32 Å². The summed E-state index contributed by atoms with van der Waals surface area (Å²) in [5.41, 5.74) is 1.19. The molecule has 4 nitrogen and oxygen atoms in total. The standard InChI is InChI=1S/C27H31ClF3N3O/c1-15(26-11-16-7-17(12-26)9-18(8-16)13-26)6-23(35)21-14-32-34-24(27(29,30)31)10-22(33-25(21)34)19-2-4-20(28)5-3-19/h2-5,14-18,22,24,33H,6-13H2,1H3. The number of fused-ring (bicyclic) bond motifs is 1. The Morgan fingerprint density at radius 1 is 1.11 bits per heavy atom. The van der Waals surface area contributed by atoms with Crippen LogP contribution in [0.3, 0.4) is 0 Å². The van der Waals surface area contributed by atoms with Crippen LogP contribution in [0.5, 0.6) is 0 Å². The molecule has 2 aromatic rings. The summed E-state index contributed by atoms with van der Waals surface area (Å²) in [6.07, 6.45) is 4.64. The van der Waals surface area contributed by atoms with E-state index in [2.05, 4.69) is 17.3 Å². The maximum atomic E-state index is 14.0. The van der Waals surface area contributed by atoms with Gasteiger partial charge in [-0.1, -0.05) is 30.7 Å². The molecule has 0 amide bonds. The summed E-state index contributed by atoms with van der Waals surface area (Å²) >= 11 is 5.98. The first-order valence-corrected chi connectivity index (χ1v) is 13.2. The van der Waals surface area contributed by atoms with E-state index in [1.807, 2.05) is 0 Å². The van der Waals surface area contributed by atoms with Crippen LogP contribution in [0.15, 0.2) is 30.5 Å². The van der Waals surface area contributed by atoms with E-state index in [0.717, 1.165) is 22.4 Å². The topological polar surface area (TPSA) is 46.9 Å². The van der Waals surface area contributed by atoms with Crippen molar-refractivity contribution in [1.82, 2.24) is 9.78 Å². The number of benzene rings is 1. The second-order valence-corrected chi connectivity index (χ2v) is 12.1. The fourth-order valence-electron chi connectivity index (χ4n) is 8.07. The van der Waals surface area contributed by atoms with Crippen molar-refractivity contribution in [1.29, 1.82) is 0 Å². The first-order valence-electron chi connectivity index (χ1n) is 12.8. The molecule has 4 fully saturated rings. The van der Waals surface area contributed by atoms with Crippen LogP contribution in [-0.4, -0.2) is 21.7 Å². The summed E-state index contributed by atoms with van der Waals surface area (Å²) in [6, 6.07) is 4.43. The highest BCUT2D eigenvalue weighted by atomic mass is 35.5. The minimum Gasteiger partial charge on any atom is -0.363 e. The molecule has 0 saturated heterocycles. The maximum absolute atomic E-state index is 14.0. The Kier molecular flexibility index (Phi) is 5.51. The van der Waals surface area contributed by atoms with Crippen LogP contribution in [0, 0.1) is 29.1 Å². The number of aromatic nitrogens is 2. The minimum atomic E-state index is -4.47. The highest BCUT2D eigenvalue weighted by Gasteiger charge is 2.53. The van der Waals surface area contributed by atoms with Gasteiger partial charge in [0, 0.05) is 17.9 Å². The van der Waals surface area contributed by atoms with Gasteiger partial charge in [-0.15, -0.1) is 0 Å². The molecule has 7 rings (SSSR count). The molecule has 188 valence electrons. The van der Waals surface area contributed by atoms with Crippen molar-refractivity contribution >= 4 is 23.2 Å². The van der Waals surface area contributed by atoms with Gasteiger partial charge in [0.25, 0.3) is 0 Å². The first-order chi connectivity index (χ1) is 16.6. The number of nitrogens with zero attached hydrogens (tertiary/aromatic N) is 2. The lowest BCUT2D eigenvalue weighted by molar-refractivity contribution is -0.173. The Morgan fingerprint density at radius 2 is 1.71 bits per heavy atom. The van der Waals surface area contributed by atoms with Crippen molar-refractivity contribution in [2.24, 2.45) is 29.1 Å². The average Bonchev–Trinajstić information content (AvgIpc) is 3.21. The van der Waals surface area contributed by atoms with Crippen LogP contribution >= 0.6 is 11.6 Å². The predicted octanol–water partition coefficient (Wildman–Crippen LogP) is 7.62. The van der Waals surface area contributed by atoms with Crippen molar-refractivity contribution in [2.45, 2.75) is 76.6 Å². The number of rotatable bonds is 5. The number of alkyl halides is 3. The largest absolute Gasteiger partial charge is 0.410 e. The van der Waals surface area contributed by atoms with E-state index in [1.165, 1.54) is 44.7 Å². The molecule has 35 heavy (non-hydrogen) atoms. The van der Waals surface area contributed by atoms with Gasteiger partial charge in [0.05, 0.1) is 17.8 Å². The molecule has 1 aromatic heterocycles. The number of ketones is 1. The summed E-state index contributed by atoms with van der Waals surface area (Å²) in [5.74, 6) is 2.65. The lowest BCUT2D eigenvalue weighted by atomic mass is 9.46. The number of carbonyl (C=O) groups is 1. The van der Waals surface area contributed by atoms with Gasteiger partial charge < -0.3 is 5.32 Å². The zero-order valence-electron chi connectivity index (χ0n) is 19.8. The van der Waals surface area contributed by atoms with E-state index in [1.54, 1.807) is 24.3 Å². The quantitative estimate of drug-likeness (QED) is 0.425. The third-order valence-corrected chi connectivity index (χ3v) is 9.69. The van der Waals surface area contributed by atoms with Gasteiger partial charge in [-0.25, -0.2) is 4.68 Å². The van der Waals surface area contributed by atoms with Gasteiger partial charge in [0.2, 0.25) is 0 Å². The third kappa shape index (κ3) is 4.08. The molecule has 1 N–H and O–H groups in total. The Morgan fingerprint density at radius 3 is 2.29 bits per heavy atom. The van der Waals surface area contributed by atoms with Gasteiger partial charge in [-0.3, -0.25) is 4.79 Å². The second kappa shape index (κ2) is 8.25. The van der Waals surface area contributed by atoms with Gasteiger partial charge >= 0.3 is 6.18 Å². The number of hydrogen-bond acceptors (Lipinski definition) is 3. The molecule has 5 aliphatic rings. The second-order valence-electron chi connectivity index (χ2n) is 11.7. The molecule has 3 unspecified atom stereocenters. The number of Topliss-reactive ketones (excluding diaryl/α,β-unsaturated/α-hetero) is 1. The Bertz CT molecular complexity index is 1090. The zero-order valence-corrected chi connectivity index (χ0v) is 20.6. The fraction of sp³-hybridized carbons (Fsp3) is 0.630. The zero-order chi connectivity index (χ0) is 24.5. The lowest BCUT2D eigenvalue weighted by Crippen LogP contribution is -2.49. The van der Waals surface area contributed by atoms with E-state index < -0.39 is 18.3 Å². The first kappa shape index (κ1) is 23.4. The fourth-order valence-corrected chi connectivity index (χ4v) is 8.19. The molecule has 8 heteroatoms. The summed E-state index contributed by atoms with van der Waals surface area (Å²) in [7, 11) is 0. The Hall–Kier alpha value is -2.02. The van der Waals surface area contributed by atoms with Crippen LogP contribution in [-0.2, 0) is 0 Å². The molecular formula is C27H31ClF3N3O. The highest BCUT2D eigenvalue weighted by Crippen LogP contribution is 2.63. The summed E-state index contributed by atoms with van der Waals surface area (Å²) < 4.78 is 43.0. The van der Waals surface area contributed by atoms with E-state index in [-0.39, 0.29) is 34.9 Å². The summed E-state index contributed by atoms with van der Waals surface area (Å²) in [6.45, 7) is 2.18. The van der Waals surface area contributed by atoms with Gasteiger partial charge in [0.15, 0.2) is 11.8 Å². The Balaban J connectivity index is 1.27. The molecule has 4 saturated carbocycles. The number of carbonyl (C=O) groups excluding carboxylic acids is 1. The molecule has 0 radical (unpaired) electrons. The van der Waals surface area contributed by atoms with E-state index in [4.69, 9.17) is 11.6 Å². The molecule has 4 bridgehead atoms. The van der Waals surface area contributed by atoms with Crippen molar-refractivity contribution in [2.75, 3.05) is 5.32 Å². The number of nitrogens with one attached hydrogen (secondary N) is 1. The van der Waals surface area contributed by atoms with Gasteiger partial charge in [-0.05, 0) is 85.3 Å². The molecule has 1 aromatic carbocycles. The van der Waals surface area contributed by atoms with Crippen molar-refractivity contribution in [3.63, 3.8) is 0 Å². The number of halogens is 4. The lowest BCUT2D eigenvalue weighted by Gasteiger charge is -2.59. The van der Waals surface area contributed by atoms with Crippen LogP contribution in [0.25, 0.3) is 0 Å². The van der Waals surface area contributed by atoms with Gasteiger partial charge in [0.1, 0.15) is 5.82 Å². The molecule has 4 aliphatic carbocycles. The average molecular weight is 506 g/mol. The molecular weight excluding hydrogens is 475 g/mol.